The van der Waals surface area contributed by atoms with Crippen molar-refractivity contribution in [3.8, 4) is 5.75 Å². The maximum atomic E-state index is 6.43. The standard InChI is InChI=1S/C14H19ClN2O2/c1-17-6-9(5-16)2-13(17)11-4-14-10(3-12(11)15)7-18-8-19-14/h3-4,9,13H,2,5-8,16H2,1H3. The second-order valence-electron chi connectivity index (χ2n) is 5.38. The summed E-state index contributed by atoms with van der Waals surface area (Å²) >= 11 is 6.43. The molecule has 1 fully saturated rings. The first kappa shape index (κ1) is 13.2. The van der Waals surface area contributed by atoms with E-state index in [-0.39, 0.29) is 0 Å². The molecule has 1 aromatic carbocycles. The minimum Gasteiger partial charge on any atom is -0.467 e. The predicted octanol–water partition coefficient (Wildman–Crippen LogP) is 2.16. The molecule has 0 spiro atoms. The van der Waals surface area contributed by atoms with Gasteiger partial charge in [0.1, 0.15) is 5.75 Å². The second kappa shape index (κ2) is 5.29. The highest BCUT2D eigenvalue weighted by molar-refractivity contribution is 6.31. The number of nitrogens with zero attached hydrogens (tertiary/aromatic N) is 1. The third-order valence-electron chi connectivity index (χ3n) is 4.06. The molecule has 2 atom stereocenters. The van der Waals surface area contributed by atoms with E-state index in [9.17, 15) is 0 Å². The number of rotatable bonds is 2. The van der Waals surface area contributed by atoms with Crippen LogP contribution in [0.25, 0.3) is 0 Å². The third kappa shape index (κ3) is 2.46. The molecular weight excluding hydrogens is 264 g/mol. The molecule has 0 aromatic heterocycles. The molecule has 0 saturated carbocycles. The van der Waals surface area contributed by atoms with Crippen molar-refractivity contribution in [1.29, 1.82) is 0 Å². The summed E-state index contributed by atoms with van der Waals surface area (Å²) in [5, 5.41) is 0.794. The molecule has 5 heteroatoms. The van der Waals surface area contributed by atoms with E-state index in [0.717, 1.165) is 41.4 Å². The lowest BCUT2D eigenvalue weighted by Gasteiger charge is -2.24. The van der Waals surface area contributed by atoms with Crippen LogP contribution in [0.5, 0.6) is 5.75 Å². The Balaban J connectivity index is 1.92. The highest BCUT2D eigenvalue weighted by Gasteiger charge is 2.31. The van der Waals surface area contributed by atoms with E-state index < -0.39 is 0 Å². The minimum absolute atomic E-state index is 0.319. The van der Waals surface area contributed by atoms with E-state index in [0.29, 0.717) is 25.4 Å². The van der Waals surface area contributed by atoms with E-state index in [2.05, 4.69) is 18.0 Å². The molecule has 2 aliphatic heterocycles. The smallest absolute Gasteiger partial charge is 0.189 e. The van der Waals surface area contributed by atoms with Gasteiger partial charge in [0.05, 0.1) is 6.61 Å². The molecule has 4 nitrogen and oxygen atoms in total. The van der Waals surface area contributed by atoms with Crippen LogP contribution in [-0.2, 0) is 11.3 Å². The van der Waals surface area contributed by atoms with Gasteiger partial charge in [-0.3, -0.25) is 4.90 Å². The van der Waals surface area contributed by atoms with Gasteiger partial charge in [-0.2, -0.15) is 0 Å². The molecule has 0 amide bonds. The number of benzene rings is 1. The van der Waals surface area contributed by atoms with Gasteiger partial charge >= 0.3 is 0 Å². The molecule has 0 bridgehead atoms. The summed E-state index contributed by atoms with van der Waals surface area (Å²) in [5.41, 5.74) is 7.95. The molecule has 2 heterocycles. The topological polar surface area (TPSA) is 47.7 Å². The second-order valence-corrected chi connectivity index (χ2v) is 5.79. The van der Waals surface area contributed by atoms with Gasteiger partial charge in [0.2, 0.25) is 0 Å². The van der Waals surface area contributed by atoms with E-state index in [4.69, 9.17) is 26.8 Å². The van der Waals surface area contributed by atoms with Crippen LogP contribution in [0, 0.1) is 5.92 Å². The number of nitrogens with two attached hydrogens (primary N) is 1. The summed E-state index contributed by atoms with van der Waals surface area (Å²) in [7, 11) is 2.13. The van der Waals surface area contributed by atoms with E-state index in [1.165, 1.54) is 0 Å². The van der Waals surface area contributed by atoms with Crippen molar-refractivity contribution >= 4 is 11.6 Å². The van der Waals surface area contributed by atoms with Crippen LogP contribution in [-0.4, -0.2) is 31.8 Å². The normalized spacial score (nSPS) is 27.1. The zero-order valence-electron chi connectivity index (χ0n) is 11.1. The number of fused-ring (bicyclic) bond motifs is 1. The van der Waals surface area contributed by atoms with E-state index in [1.54, 1.807) is 0 Å². The third-order valence-corrected chi connectivity index (χ3v) is 4.39. The van der Waals surface area contributed by atoms with Gasteiger partial charge in [-0.1, -0.05) is 11.6 Å². The van der Waals surface area contributed by atoms with Gasteiger partial charge in [0, 0.05) is 23.2 Å². The molecule has 2 N–H and O–H groups in total. The van der Waals surface area contributed by atoms with Gasteiger partial charge in [-0.05, 0) is 43.6 Å². The zero-order valence-corrected chi connectivity index (χ0v) is 11.8. The highest BCUT2D eigenvalue weighted by atomic mass is 35.5. The number of hydrogen-bond acceptors (Lipinski definition) is 4. The van der Waals surface area contributed by atoms with Crippen molar-refractivity contribution < 1.29 is 9.47 Å². The Kier molecular flexibility index (Phi) is 3.67. The summed E-state index contributed by atoms with van der Waals surface area (Å²) < 4.78 is 10.8. The molecule has 2 aliphatic rings. The molecule has 0 aliphatic carbocycles. The Bertz CT molecular complexity index is 481. The fraction of sp³-hybridized carbons (Fsp3) is 0.571. The summed E-state index contributed by atoms with van der Waals surface area (Å²) in [6.07, 6.45) is 1.06. The summed E-state index contributed by atoms with van der Waals surface area (Å²) in [5.74, 6) is 1.45. The summed E-state index contributed by atoms with van der Waals surface area (Å²) in [6.45, 7) is 2.65. The SMILES string of the molecule is CN1CC(CN)CC1c1cc2c(cc1Cl)COCO2. The van der Waals surface area contributed by atoms with Gasteiger partial charge in [0.15, 0.2) is 6.79 Å². The molecule has 19 heavy (non-hydrogen) atoms. The molecule has 1 saturated heterocycles. The van der Waals surface area contributed by atoms with Crippen molar-refractivity contribution in [2.24, 2.45) is 11.7 Å². The van der Waals surface area contributed by atoms with Gasteiger partial charge < -0.3 is 15.2 Å². The van der Waals surface area contributed by atoms with E-state index in [1.807, 2.05) is 6.07 Å². The quantitative estimate of drug-likeness (QED) is 0.903. The summed E-state index contributed by atoms with van der Waals surface area (Å²) in [6, 6.07) is 4.37. The fourth-order valence-electron chi connectivity index (χ4n) is 3.01. The first-order chi connectivity index (χ1) is 9.19. The molecule has 3 rings (SSSR count). The number of hydrogen-bond donors (Lipinski definition) is 1. The largest absolute Gasteiger partial charge is 0.467 e. The van der Waals surface area contributed by atoms with Crippen molar-refractivity contribution in [1.82, 2.24) is 4.90 Å². The number of halogens is 1. The first-order valence-electron chi connectivity index (χ1n) is 6.62. The zero-order chi connectivity index (χ0) is 13.4. The lowest BCUT2D eigenvalue weighted by atomic mass is 9.98. The first-order valence-corrected chi connectivity index (χ1v) is 7.00. The maximum Gasteiger partial charge on any atom is 0.189 e. The average Bonchev–Trinajstić information content (AvgIpc) is 2.79. The van der Waals surface area contributed by atoms with Crippen molar-refractivity contribution in [2.75, 3.05) is 26.9 Å². The molecule has 0 radical (unpaired) electrons. The Morgan fingerprint density at radius 3 is 3.05 bits per heavy atom. The van der Waals surface area contributed by atoms with Crippen LogP contribution in [0.2, 0.25) is 5.02 Å². The van der Waals surface area contributed by atoms with Gasteiger partial charge in [0.25, 0.3) is 0 Å². The monoisotopic (exact) mass is 282 g/mol. The van der Waals surface area contributed by atoms with E-state index >= 15 is 0 Å². The molecule has 1 aromatic rings. The van der Waals surface area contributed by atoms with Crippen molar-refractivity contribution in [2.45, 2.75) is 19.1 Å². The number of ether oxygens (including phenoxy) is 2. The fourth-order valence-corrected chi connectivity index (χ4v) is 3.32. The van der Waals surface area contributed by atoms with Gasteiger partial charge in [-0.15, -0.1) is 0 Å². The lowest BCUT2D eigenvalue weighted by Crippen LogP contribution is -2.21. The predicted molar refractivity (Wildman–Crippen MR) is 74.3 cm³/mol. The minimum atomic E-state index is 0.319. The Morgan fingerprint density at radius 1 is 1.47 bits per heavy atom. The van der Waals surface area contributed by atoms with Crippen LogP contribution >= 0.6 is 11.6 Å². The van der Waals surface area contributed by atoms with Crippen molar-refractivity contribution in [3.63, 3.8) is 0 Å². The highest BCUT2D eigenvalue weighted by Crippen LogP contribution is 2.40. The number of likely N-dealkylation sites (tertiary alicyclic amines) is 1. The Labute approximate surface area is 118 Å². The molecular formula is C14H19ClN2O2. The van der Waals surface area contributed by atoms with Crippen LogP contribution in [0.15, 0.2) is 12.1 Å². The Hall–Kier alpha value is -0.810. The maximum absolute atomic E-state index is 6.43. The van der Waals surface area contributed by atoms with Crippen LogP contribution in [0.3, 0.4) is 0 Å². The summed E-state index contributed by atoms with van der Waals surface area (Å²) in [4.78, 5) is 2.32. The lowest BCUT2D eigenvalue weighted by molar-refractivity contribution is -0.0164. The van der Waals surface area contributed by atoms with Crippen molar-refractivity contribution in [3.05, 3.63) is 28.3 Å². The molecule has 2 unspecified atom stereocenters. The van der Waals surface area contributed by atoms with Crippen LogP contribution in [0.4, 0.5) is 0 Å². The molecule has 104 valence electrons. The van der Waals surface area contributed by atoms with Crippen LogP contribution < -0.4 is 10.5 Å². The Morgan fingerprint density at radius 2 is 2.32 bits per heavy atom. The average molecular weight is 283 g/mol. The van der Waals surface area contributed by atoms with Crippen LogP contribution in [0.1, 0.15) is 23.6 Å². The van der Waals surface area contributed by atoms with Gasteiger partial charge in [-0.25, -0.2) is 0 Å².